The van der Waals surface area contributed by atoms with Gasteiger partial charge in [0.2, 0.25) is 0 Å². The molecule has 0 saturated carbocycles. The maximum atomic E-state index is 9.44. The van der Waals surface area contributed by atoms with Crippen LogP contribution in [0.2, 0.25) is 0 Å². The SMILES string of the molecule is COc1ccccc1-c1nc(C[NH+]2CCN(c3ccc(O)cc3)CC2)cs1. The van der Waals surface area contributed by atoms with Gasteiger partial charge in [-0.05, 0) is 36.4 Å². The molecular formula is C21H24N3O2S+. The molecule has 1 aliphatic rings. The third-order valence-electron chi connectivity index (χ3n) is 5.01. The normalized spacial score (nSPS) is 15.1. The Morgan fingerprint density at radius 1 is 1.11 bits per heavy atom. The zero-order valence-corrected chi connectivity index (χ0v) is 16.2. The molecule has 1 aliphatic heterocycles. The molecule has 0 bridgehead atoms. The van der Waals surface area contributed by atoms with E-state index in [4.69, 9.17) is 9.72 Å². The van der Waals surface area contributed by atoms with Crippen LogP contribution >= 0.6 is 11.3 Å². The van der Waals surface area contributed by atoms with Crippen LogP contribution in [0.15, 0.2) is 53.9 Å². The van der Waals surface area contributed by atoms with Crippen molar-refractivity contribution in [1.82, 2.24) is 4.98 Å². The van der Waals surface area contributed by atoms with Crippen molar-refractivity contribution in [3.05, 3.63) is 59.6 Å². The summed E-state index contributed by atoms with van der Waals surface area (Å²) in [6, 6.07) is 15.5. The monoisotopic (exact) mass is 382 g/mol. The van der Waals surface area contributed by atoms with Crippen molar-refractivity contribution >= 4 is 17.0 Å². The molecule has 140 valence electrons. The van der Waals surface area contributed by atoms with Crippen molar-refractivity contribution < 1.29 is 14.7 Å². The Morgan fingerprint density at radius 3 is 2.59 bits per heavy atom. The molecule has 1 aromatic heterocycles. The lowest BCUT2D eigenvalue weighted by Gasteiger charge is -2.33. The molecule has 3 aromatic rings. The van der Waals surface area contributed by atoms with Crippen LogP contribution in [0.1, 0.15) is 5.69 Å². The Labute approximate surface area is 163 Å². The van der Waals surface area contributed by atoms with Gasteiger partial charge in [0.15, 0.2) is 0 Å². The van der Waals surface area contributed by atoms with Crippen molar-refractivity contribution in [3.63, 3.8) is 0 Å². The summed E-state index contributed by atoms with van der Waals surface area (Å²) in [5, 5.41) is 12.6. The second-order valence-corrected chi connectivity index (χ2v) is 7.63. The van der Waals surface area contributed by atoms with E-state index in [0.29, 0.717) is 5.75 Å². The highest BCUT2D eigenvalue weighted by atomic mass is 32.1. The number of anilines is 1. The lowest BCUT2D eigenvalue weighted by Crippen LogP contribution is -3.13. The number of aromatic nitrogens is 1. The highest BCUT2D eigenvalue weighted by molar-refractivity contribution is 7.13. The van der Waals surface area contributed by atoms with Gasteiger partial charge in [-0.25, -0.2) is 4.98 Å². The molecule has 0 aliphatic carbocycles. The van der Waals surface area contributed by atoms with Gasteiger partial charge in [-0.2, -0.15) is 0 Å². The maximum absolute atomic E-state index is 9.44. The molecule has 2 N–H and O–H groups in total. The van der Waals surface area contributed by atoms with Crippen molar-refractivity contribution in [1.29, 1.82) is 0 Å². The molecule has 0 unspecified atom stereocenters. The predicted molar refractivity (Wildman–Crippen MR) is 109 cm³/mol. The van der Waals surface area contributed by atoms with E-state index in [0.717, 1.165) is 54.7 Å². The van der Waals surface area contributed by atoms with Gasteiger partial charge in [-0.3, -0.25) is 0 Å². The Hall–Kier alpha value is -2.57. The minimum absolute atomic E-state index is 0.317. The minimum atomic E-state index is 0.317. The molecule has 2 aromatic carbocycles. The molecule has 0 amide bonds. The van der Waals surface area contributed by atoms with Crippen molar-refractivity contribution in [2.75, 3.05) is 38.2 Å². The number of nitrogens with zero attached hydrogens (tertiary/aromatic N) is 2. The van der Waals surface area contributed by atoms with Crippen LogP contribution < -0.4 is 14.5 Å². The average Bonchev–Trinajstić information content (AvgIpc) is 3.17. The summed E-state index contributed by atoms with van der Waals surface area (Å²) >= 11 is 1.68. The fourth-order valence-corrected chi connectivity index (χ4v) is 4.36. The van der Waals surface area contributed by atoms with Crippen molar-refractivity contribution in [3.8, 4) is 22.1 Å². The van der Waals surface area contributed by atoms with Gasteiger partial charge < -0.3 is 19.6 Å². The number of hydrogen-bond donors (Lipinski definition) is 2. The number of phenolic OH excluding ortho intramolecular Hbond substituents is 1. The summed E-state index contributed by atoms with van der Waals surface area (Å²) in [6.45, 7) is 5.16. The van der Waals surface area contributed by atoms with E-state index in [2.05, 4.69) is 16.3 Å². The van der Waals surface area contributed by atoms with Gasteiger partial charge in [0.1, 0.15) is 28.7 Å². The lowest BCUT2D eigenvalue weighted by atomic mass is 10.2. The third kappa shape index (κ3) is 4.07. The average molecular weight is 383 g/mol. The lowest BCUT2D eigenvalue weighted by molar-refractivity contribution is -0.914. The Morgan fingerprint density at radius 2 is 1.85 bits per heavy atom. The standard InChI is InChI=1S/C21H23N3O2S/c1-26-20-5-3-2-4-19(20)21-22-16(15-27-21)14-23-10-12-24(13-11-23)17-6-8-18(25)9-7-17/h2-9,15,25H,10-14H2,1H3/p+1. The molecule has 27 heavy (non-hydrogen) atoms. The number of piperazine rings is 1. The van der Waals surface area contributed by atoms with Crippen LogP contribution in [0, 0.1) is 0 Å². The first kappa shape index (κ1) is 17.8. The second-order valence-electron chi connectivity index (χ2n) is 6.77. The van der Waals surface area contributed by atoms with Crippen molar-refractivity contribution in [2.45, 2.75) is 6.54 Å². The predicted octanol–water partition coefficient (Wildman–Crippen LogP) is 2.43. The number of benzene rings is 2. The van der Waals surface area contributed by atoms with Gasteiger partial charge >= 0.3 is 0 Å². The Balaban J connectivity index is 1.37. The first-order chi connectivity index (χ1) is 13.2. The second kappa shape index (κ2) is 7.98. The molecule has 4 rings (SSSR count). The molecule has 0 radical (unpaired) electrons. The van der Waals surface area contributed by atoms with Crippen LogP contribution in [-0.4, -0.2) is 43.4 Å². The van der Waals surface area contributed by atoms with E-state index >= 15 is 0 Å². The summed E-state index contributed by atoms with van der Waals surface area (Å²) in [6.07, 6.45) is 0. The molecule has 0 atom stereocenters. The number of rotatable bonds is 5. The molecular weight excluding hydrogens is 358 g/mol. The molecule has 1 saturated heterocycles. The van der Waals surface area contributed by atoms with Gasteiger partial charge in [0.05, 0.1) is 38.9 Å². The zero-order valence-electron chi connectivity index (χ0n) is 15.4. The highest BCUT2D eigenvalue weighted by Crippen LogP contribution is 2.31. The minimum Gasteiger partial charge on any atom is -0.508 e. The first-order valence-corrected chi connectivity index (χ1v) is 10.1. The van der Waals surface area contributed by atoms with Crippen LogP contribution in [0.25, 0.3) is 10.6 Å². The molecule has 6 heteroatoms. The van der Waals surface area contributed by atoms with Crippen LogP contribution in [0.4, 0.5) is 5.69 Å². The summed E-state index contributed by atoms with van der Waals surface area (Å²) in [4.78, 5) is 8.78. The number of quaternary nitrogens is 1. The van der Waals surface area contributed by atoms with Gasteiger partial charge in [0, 0.05) is 11.1 Å². The Kier molecular flexibility index (Phi) is 5.27. The smallest absolute Gasteiger partial charge is 0.129 e. The van der Waals surface area contributed by atoms with Crippen LogP contribution in [0.3, 0.4) is 0 Å². The van der Waals surface area contributed by atoms with E-state index in [1.165, 1.54) is 5.69 Å². The Bertz CT molecular complexity index is 886. The number of ether oxygens (including phenoxy) is 1. The molecule has 1 fully saturated rings. The fraction of sp³-hybridized carbons (Fsp3) is 0.286. The maximum Gasteiger partial charge on any atom is 0.129 e. The zero-order chi connectivity index (χ0) is 18.6. The van der Waals surface area contributed by atoms with Crippen LogP contribution in [-0.2, 0) is 6.54 Å². The van der Waals surface area contributed by atoms with Gasteiger partial charge in [-0.15, -0.1) is 11.3 Å². The van der Waals surface area contributed by atoms with Crippen LogP contribution in [0.5, 0.6) is 11.5 Å². The summed E-state index contributed by atoms with van der Waals surface area (Å²) in [5.41, 5.74) is 3.39. The quantitative estimate of drug-likeness (QED) is 0.712. The summed E-state index contributed by atoms with van der Waals surface area (Å²) < 4.78 is 5.46. The molecule has 5 nitrogen and oxygen atoms in total. The fourth-order valence-electron chi connectivity index (χ4n) is 3.51. The third-order valence-corrected chi connectivity index (χ3v) is 5.93. The number of hydrogen-bond acceptors (Lipinski definition) is 5. The van der Waals surface area contributed by atoms with E-state index < -0.39 is 0 Å². The van der Waals surface area contributed by atoms with E-state index in [9.17, 15) is 5.11 Å². The number of phenols is 1. The largest absolute Gasteiger partial charge is 0.508 e. The number of nitrogens with one attached hydrogen (secondary N) is 1. The first-order valence-electron chi connectivity index (χ1n) is 9.18. The number of methoxy groups -OCH3 is 1. The van der Waals surface area contributed by atoms with Gasteiger partial charge in [-0.1, -0.05) is 12.1 Å². The highest BCUT2D eigenvalue weighted by Gasteiger charge is 2.21. The van der Waals surface area contributed by atoms with E-state index in [1.54, 1.807) is 35.5 Å². The number of aromatic hydroxyl groups is 1. The van der Waals surface area contributed by atoms with E-state index in [-0.39, 0.29) is 0 Å². The van der Waals surface area contributed by atoms with E-state index in [1.807, 2.05) is 30.3 Å². The van der Waals surface area contributed by atoms with Gasteiger partial charge in [0.25, 0.3) is 0 Å². The number of para-hydroxylation sites is 1. The summed E-state index contributed by atoms with van der Waals surface area (Å²) in [7, 11) is 1.70. The molecule has 2 heterocycles. The van der Waals surface area contributed by atoms with Crippen molar-refractivity contribution in [2.24, 2.45) is 0 Å². The topological polar surface area (TPSA) is 50.0 Å². The number of thiazole rings is 1. The molecule has 0 spiro atoms. The summed E-state index contributed by atoms with van der Waals surface area (Å²) in [5.74, 6) is 1.19.